The van der Waals surface area contributed by atoms with Crippen LogP contribution in [0.5, 0.6) is 5.75 Å². The van der Waals surface area contributed by atoms with Crippen molar-refractivity contribution < 1.29 is 9.53 Å². The minimum absolute atomic E-state index is 0.0136. The quantitative estimate of drug-likeness (QED) is 0.882. The summed E-state index contributed by atoms with van der Waals surface area (Å²) < 4.78 is 5.48. The summed E-state index contributed by atoms with van der Waals surface area (Å²) in [6.45, 7) is 11.5. The topological polar surface area (TPSA) is 54.5 Å². The number of carbonyl (C=O) groups excluding carboxylic acids is 1. The lowest BCUT2D eigenvalue weighted by molar-refractivity contribution is 0.118. The minimum Gasteiger partial charge on any atom is -0.496 e. The minimum atomic E-state index is -0.0136. The molecule has 1 heterocycles. The van der Waals surface area contributed by atoms with E-state index in [2.05, 4.69) is 31.1 Å². The molecule has 5 nitrogen and oxygen atoms in total. The van der Waals surface area contributed by atoms with Crippen molar-refractivity contribution in [3.8, 4) is 5.75 Å². The Morgan fingerprint density at radius 3 is 2.62 bits per heavy atom. The molecular formula is C21H33N3O2. The third kappa shape index (κ3) is 2.76. The lowest BCUT2D eigenvalue weighted by atomic mass is 9.69. The molecule has 2 aliphatic carbocycles. The molecule has 3 unspecified atom stereocenters. The van der Waals surface area contributed by atoms with Gasteiger partial charge in [-0.25, -0.2) is 4.79 Å². The number of carbonyl (C=O) groups is 1. The van der Waals surface area contributed by atoms with E-state index >= 15 is 0 Å². The molecule has 0 saturated heterocycles. The van der Waals surface area contributed by atoms with Crippen LogP contribution >= 0.6 is 0 Å². The third-order valence-corrected chi connectivity index (χ3v) is 7.58. The average Bonchev–Trinajstić information content (AvgIpc) is 2.91. The number of urea groups is 1. The van der Waals surface area contributed by atoms with Gasteiger partial charge in [-0.2, -0.15) is 0 Å². The first-order valence-corrected chi connectivity index (χ1v) is 9.62. The molecule has 2 amide bonds. The fourth-order valence-electron chi connectivity index (χ4n) is 5.21. The highest BCUT2D eigenvalue weighted by Crippen LogP contribution is 2.65. The summed E-state index contributed by atoms with van der Waals surface area (Å²) in [4.78, 5) is 19.1. The molecule has 144 valence electrons. The van der Waals surface area contributed by atoms with Crippen LogP contribution in [-0.4, -0.2) is 36.1 Å². The van der Waals surface area contributed by atoms with Crippen LogP contribution in [0.1, 0.15) is 56.9 Å². The van der Waals surface area contributed by atoms with Gasteiger partial charge in [-0.05, 0) is 49.9 Å². The number of amides is 2. The Morgan fingerprint density at radius 2 is 2.08 bits per heavy atom. The number of rotatable bonds is 4. The van der Waals surface area contributed by atoms with Gasteiger partial charge in [0.2, 0.25) is 0 Å². The van der Waals surface area contributed by atoms with Crippen molar-refractivity contribution in [2.24, 2.45) is 16.7 Å². The van der Waals surface area contributed by atoms with E-state index < -0.39 is 0 Å². The number of pyridine rings is 1. The monoisotopic (exact) mass is 359 g/mol. The van der Waals surface area contributed by atoms with Gasteiger partial charge in [-0.3, -0.25) is 4.98 Å². The molecule has 0 aromatic carbocycles. The van der Waals surface area contributed by atoms with Crippen LogP contribution < -0.4 is 10.1 Å². The Bertz CT molecular complexity index is 715. The maximum Gasteiger partial charge on any atom is 0.317 e. The summed E-state index contributed by atoms with van der Waals surface area (Å²) in [5.41, 5.74) is 3.38. The third-order valence-electron chi connectivity index (χ3n) is 7.58. The summed E-state index contributed by atoms with van der Waals surface area (Å²) in [6.07, 6.45) is 5.40. The lowest BCUT2D eigenvalue weighted by Crippen LogP contribution is -2.50. The van der Waals surface area contributed by atoms with Crippen LogP contribution in [0, 0.1) is 30.6 Å². The smallest absolute Gasteiger partial charge is 0.317 e. The van der Waals surface area contributed by atoms with Crippen LogP contribution in [0.3, 0.4) is 0 Å². The van der Waals surface area contributed by atoms with E-state index in [4.69, 9.17) is 4.74 Å². The second-order valence-electron chi connectivity index (χ2n) is 9.01. The molecule has 3 rings (SSSR count). The number of hydrogen-bond acceptors (Lipinski definition) is 3. The van der Waals surface area contributed by atoms with Crippen molar-refractivity contribution in [3.05, 3.63) is 23.0 Å². The normalized spacial score (nSPS) is 28.9. The molecule has 5 heteroatoms. The van der Waals surface area contributed by atoms with Crippen molar-refractivity contribution in [2.75, 3.05) is 14.2 Å². The predicted octanol–water partition coefficient (Wildman–Crippen LogP) is 4.06. The molecule has 0 radical (unpaired) electrons. The highest BCUT2D eigenvalue weighted by atomic mass is 16.5. The van der Waals surface area contributed by atoms with E-state index in [0.29, 0.717) is 17.9 Å². The number of nitrogens with zero attached hydrogens (tertiary/aromatic N) is 2. The van der Waals surface area contributed by atoms with Gasteiger partial charge in [0.1, 0.15) is 5.75 Å². The fraction of sp³-hybridized carbons (Fsp3) is 0.714. The molecule has 2 fully saturated rings. The molecule has 3 atom stereocenters. The molecule has 1 N–H and O–H groups in total. The standard InChI is InChI=1S/C21H33N3O2/c1-13-11-22-16(14(2)18(13)26-7)12-24(6)19(25)23-17-10-15-8-9-21(17,5)20(15,3)4/h11,15,17H,8-10,12H2,1-7H3,(H,23,25). The number of aryl methyl sites for hydroxylation is 1. The molecule has 26 heavy (non-hydrogen) atoms. The zero-order chi connectivity index (χ0) is 19.3. The Kier molecular flexibility index (Phi) is 4.70. The van der Waals surface area contributed by atoms with Crippen LogP contribution in [-0.2, 0) is 6.54 Å². The molecule has 2 bridgehead atoms. The summed E-state index contributed by atoms with van der Waals surface area (Å²) in [7, 11) is 3.51. The zero-order valence-corrected chi connectivity index (χ0v) is 17.3. The van der Waals surface area contributed by atoms with Crippen LogP contribution in [0.25, 0.3) is 0 Å². The van der Waals surface area contributed by atoms with Gasteiger partial charge in [0, 0.05) is 30.4 Å². The van der Waals surface area contributed by atoms with Gasteiger partial charge in [0.15, 0.2) is 0 Å². The summed E-state index contributed by atoms with van der Waals surface area (Å²) in [6, 6.07) is 0.244. The maximum atomic E-state index is 12.8. The van der Waals surface area contributed by atoms with E-state index in [1.165, 1.54) is 12.8 Å². The Hall–Kier alpha value is -1.78. The highest BCUT2D eigenvalue weighted by Gasteiger charge is 2.61. The molecule has 2 aliphatic rings. The summed E-state index contributed by atoms with van der Waals surface area (Å²) in [5, 5.41) is 3.31. The van der Waals surface area contributed by atoms with Gasteiger partial charge >= 0.3 is 6.03 Å². The first kappa shape index (κ1) is 19.0. The first-order valence-electron chi connectivity index (χ1n) is 9.62. The van der Waals surface area contributed by atoms with Crippen molar-refractivity contribution in [2.45, 2.75) is 66.5 Å². The molecule has 0 spiro atoms. The van der Waals surface area contributed by atoms with Gasteiger partial charge < -0.3 is 15.0 Å². The van der Waals surface area contributed by atoms with Crippen molar-refractivity contribution >= 4 is 6.03 Å². The largest absolute Gasteiger partial charge is 0.496 e. The zero-order valence-electron chi connectivity index (χ0n) is 17.3. The number of nitrogens with one attached hydrogen (secondary N) is 1. The summed E-state index contributed by atoms with van der Waals surface area (Å²) >= 11 is 0. The molecule has 2 saturated carbocycles. The van der Waals surface area contributed by atoms with E-state index in [-0.39, 0.29) is 17.5 Å². The predicted molar refractivity (Wildman–Crippen MR) is 103 cm³/mol. The van der Waals surface area contributed by atoms with Gasteiger partial charge in [0.05, 0.1) is 19.3 Å². The number of methoxy groups -OCH3 is 1. The second-order valence-corrected chi connectivity index (χ2v) is 9.01. The van der Waals surface area contributed by atoms with E-state index in [9.17, 15) is 4.79 Å². The van der Waals surface area contributed by atoms with Crippen LogP contribution in [0.4, 0.5) is 4.79 Å². The molecule has 1 aromatic heterocycles. The van der Waals surface area contributed by atoms with Crippen molar-refractivity contribution in [3.63, 3.8) is 0 Å². The van der Waals surface area contributed by atoms with Gasteiger partial charge in [0.25, 0.3) is 0 Å². The van der Waals surface area contributed by atoms with E-state index in [1.54, 1.807) is 12.0 Å². The number of fused-ring (bicyclic) bond motifs is 2. The van der Waals surface area contributed by atoms with Gasteiger partial charge in [-0.15, -0.1) is 0 Å². The lowest BCUT2D eigenvalue weighted by Gasteiger charge is -2.40. The SMILES string of the molecule is COc1c(C)cnc(CN(C)C(=O)NC2CC3CCC2(C)C3(C)C)c1C. The van der Waals surface area contributed by atoms with Crippen molar-refractivity contribution in [1.82, 2.24) is 15.2 Å². The van der Waals surface area contributed by atoms with Crippen molar-refractivity contribution in [1.29, 1.82) is 0 Å². The Morgan fingerprint density at radius 1 is 1.38 bits per heavy atom. The summed E-state index contributed by atoms with van der Waals surface area (Å²) in [5.74, 6) is 1.57. The van der Waals surface area contributed by atoms with Gasteiger partial charge in [-0.1, -0.05) is 20.8 Å². The first-order chi connectivity index (χ1) is 12.1. The molecule has 1 aromatic rings. The number of aromatic nitrogens is 1. The fourth-order valence-corrected chi connectivity index (χ4v) is 5.21. The average molecular weight is 360 g/mol. The van der Waals surface area contributed by atoms with E-state index in [1.807, 2.05) is 27.1 Å². The van der Waals surface area contributed by atoms with E-state index in [0.717, 1.165) is 29.0 Å². The van der Waals surface area contributed by atoms with Crippen LogP contribution in [0.15, 0.2) is 6.20 Å². The highest BCUT2D eigenvalue weighted by molar-refractivity contribution is 5.74. The molecular weight excluding hydrogens is 326 g/mol. The Labute approximate surface area is 157 Å². The Balaban J connectivity index is 1.69. The molecule has 0 aliphatic heterocycles. The maximum absolute atomic E-state index is 12.8. The van der Waals surface area contributed by atoms with Crippen LogP contribution in [0.2, 0.25) is 0 Å². The number of hydrogen-bond donors (Lipinski definition) is 1. The number of ether oxygens (including phenoxy) is 1. The second kappa shape index (κ2) is 6.43.